The highest BCUT2D eigenvalue weighted by Crippen LogP contribution is 2.25. The normalized spacial score (nSPS) is 16.6. The lowest BCUT2D eigenvalue weighted by Crippen LogP contribution is -2.38. The van der Waals surface area contributed by atoms with Gasteiger partial charge >= 0.3 is 6.03 Å². The fourth-order valence-electron chi connectivity index (χ4n) is 1.49. The number of aliphatic hydroxyl groups is 1. The van der Waals surface area contributed by atoms with Gasteiger partial charge in [0.05, 0.1) is 6.54 Å². The molecule has 0 bridgehead atoms. The molecular formula is C10H17N5O2. The molecule has 1 heterocycles. The maximum absolute atomic E-state index is 11.6. The van der Waals surface area contributed by atoms with Crippen LogP contribution in [0.4, 0.5) is 4.79 Å². The quantitative estimate of drug-likeness (QED) is 0.697. The number of hydrogen-bond acceptors (Lipinski definition) is 4. The Balaban J connectivity index is 1.82. The Morgan fingerprint density at radius 2 is 2.41 bits per heavy atom. The lowest BCUT2D eigenvalue weighted by Gasteiger charge is -2.16. The second-order valence-electron chi connectivity index (χ2n) is 4.32. The van der Waals surface area contributed by atoms with E-state index >= 15 is 0 Å². The van der Waals surface area contributed by atoms with Crippen LogP contribution in [0.25, 0.3) is 0 Å². The van der Waals surface area contributed by atoms with Crippen molar-refractivity contribution in [1.29, 1.82) is 0 Å². The van der Waals surface area contributed by atoms with Crippen molar-refractivity contribution in [2.24, 2.45) is 0 Å². The van der Waals surface area contributed by atoms with Crippen molar-refractivity contribution in [3.05, 3.63) is 11.6 Å². The standard InChI is InChI=1S/C10H17N5O2/c1-6(16)9-12-8(13-14-9)5-11-10(17)15(2)7-3-4-7/h6-7,16H,3-5H2,1-2H3,(H,11,17)(H,12,13,14)/t6-/m0/s1. The number of carbonyl (C=O) groups excluding carboxylic acids is 1. The molecule has 17 heavy (non-hydrogen) atoms. The second kappa shape index (κ2) is 4.70. The Bertz CT molecular complexity index is 399. The van der Waals surface area contributed by atoms with Gasteiger partial charge in [0, 0.05) is 13.1 Å². The van der Waals surface area contributed by atoms with Gasteiger partial charge < -0.3 is 15.3 Å². The Hall–Kier alpha value is -1.63. The van der Waals surface area contributed by atoms with Gasteiger partial charge in [0.1, 0.15) is 11.9 Å². The monoisotopic (exact) mass is 239 g/mol. The summed E-state index contributed by atoms with van der Waals surface area (Å²) in [5, 5.41) is 18.5. The molecule has 0 spiro atoms. The largest absolute Gasteiger partial charge is 0.385 e. The van der Waals surface area contributed by atoms with Crippen molar-refractivity contribution in [2.75, 3.05) is 7.05 Å². The average Bonchev–Trinajstić information content (AvgIpc) is 3.03. The zero-order chi connectivity index (χ0) is 12.4. The van der Waals surface area contributed by atoms with Crippen LogP contribution in [0.5, 0.6) is 0 Å². The molecule has 0 aliphatic heterocycles. The smallest absolute Gasteiger partial charge is 0.317 e. The molecular weight excluding hydrogens is 222 g/mol. The third kappa shape index (κ3) is 2.94. The fourth-order valence-corrected chi connectivity index (χ4v) is 1.49. The van der Waals surface area contributed by atoms with Gasteiger partial charge in [0.25, 0.3) is 0 Å². The van der Waals surface area contributed by atoms with Crippen LogP contribution in [0.15, 0.2) is 0 Å². The predicted octanol–water partition coefficient (Wildman–Crippen LogP) is 0.162. The van der Waals surface area contributed by atoms with E-state index in [-0.39, 0.29) is 12.6 Å². The van der Waals surface area contributed by atoms with Gasteiger partial charge in [-0.25, -0.2) is 9.78 Å². The first-order valence-corrected chi connectivity index (χ1v) is 5.68. The van der Waals surface area contributed by atoms with Crippen molar-refractivity contribution in [3.63, 3.8) is 0 Å². The van der Waals surface area contributed by atoms with Crippen LogP contribution in [0, 0.1) is 0 Å². The summed E-state index contributed by atoms with van der Waals surface area (Å²) in [5.41, 5.74) is 0. The Morgan fingerprint density at radius 1 is 1.71 bits per heavy atom. The van der Waals surface area contributed by atoms with Gasteiger partial charge in [-0.15, -0.1) is 0 Å². The van der Waals surface area contributed by atoms with Crippen LogP contribution < -0.4 is 5.32 Å². The van der Waals surface area contributed by atoms with Gasteiger partial charge in [-0.2, -0.15) is 5.10 Å². The highest BCUT2D eigenvalue weighted by Gasteiger charge is 2.29. The summed E-state index contributed by atoms with van der Waals surface area (Å²) in [4.78, 5) is 17.4. The Morgan fingerprint density at radius 3 is 2.94 bits per heavy atom. The highest BCUT2D eigenvalue weighted by molar-refractivity contribution is 5.74. The van der Waals surface area contributed by atoms with Gasteiger partial charge in [0.2, 0.25) is 0 Å². The number of nitrogens with one attached hydrogen (secondary N) is 2. The summed E-state index contributed by atoms with van der Waals surface area (Å²) in [7, 11) is 1.79. The number of carbonyl (C=O) groups is 1. The number of rotatable bonds is 4. The van der Waals surface area contributed by atoms with Gasteiger partial charge in [0.15, 0.2) is 5.82 Å². The van der Waals surface area contributed by atoms with Crippen molar-refractivity contribution >= 4 is 6.03 Å². The molecule has 1 aliphatic rings. The van der Waals surface area contributed by atoms with Gasteiger partial charge in [-0.05, 0) is 19.8 Å². The molecule has 2 rings (SSSR count). The number of aliphatic hydroxyl groups excluding tert-OH is 1. The third-order valence-corrected chi connectivity index (χ3v) is 2.74. The average molecular weight is 239 g/mol. The zero-order valence-corrected chi connectivity index (χ0v) is 9.97. The molecule has 3 N–H and O–H groups in total. The van der Waals surface area contributed by atoms with Crippen LogP contribution >= 0.6 is 0 Å². The van der Waals surface area contributed by atoms with E-state index in [2.05, 4.69) is 20.5 Å². The molecule has 0 unspecified atom stereocenters. The topological polar surface area (TPSA) is 94.1 Å². The van der Waals surface area contributed by atoms with Crippen molar-refractivity contribution < 1.29 is 9.90 Å². The molecule has 7 heteroatoms. The summed E-state index contributed by atoms with van der Waals surface area (Å²) in [6.07, 6.45) is 1.46. The minimum atomic E-state index is -0.704. The van der Waals surface area contributed by atoms with E-state index in [1.165, 1.54) is 0 Å². The second-order valence-corrected chi connectivity index (χ2v) is 4.32. The number of aromatic nitrogens is 3. The van der Waals surface area contributed by atoms with Crippen LogP contribution in [0.1, 0.15) is 37.5 Å². The molecule has 7 nitrogen and oxygen atoms in total. The van der Waals surface area contributed by atoms with Gasteiger partial charge in [-0.1, -0.05) is 0 Å². The summed E-state index contributed by atoms with van der Waals surface area (Å²) in [5.74, 6) is 0.878. The number of amides is 2. The molecule has 1 aliphatic carbocycles. The maximum Gasteiger partial charge on any atom is 0.317 e. The first-order valence-electron chi connectivity index (χ1n) is 5.68. The van der Waals surface area contributed by atoms with E-state index in [4.69, 9.17) is 0 Å². The van der Waals surface area contributed by atoms with Crippen molar-refractivity contribution in [1.82, 2.24) is 25.4 Å². The lowest BCUT2D eigenvalue weighted by molar-refractivity contribution is 0.189. The van der Waals surface area contributed by atoms with E-state index in [9.17, 15) is 9.90 Å². The summed E-state index contributed by atoms with van der Waals surface area (Å²) in [6, 6.07) is 0.278. The van der Waals surface area contributed by atoms with Gasteiger partial charge in [-0.3, -0.25) is 5.10 Å². The maximum atomic E-state index is 11.6. The molecule has 94 valence electrons. The summed E-state index contributed by atoms with van der Waals surface area (Å²) in [6.45, 7) is 1.88. The molecule has 1 aromatic heterocycles. The molecule has 0 radical (unpaired) electrons. The number of urea groups is 1. The molecule has 1 fully saturated rings. The van der Waals surface area contributed by atoms with E-state index < -0.39 is 6.10 Å². The van der Waals surface area contributed by atoms with E-state index in [1.807, 2.05) is 0 Å². The number of hydrogen-bond donors (Lipinski definition) is 3. The van der Waals surface area contributed by atoms with Crippen LogP contribution in [-0.2, 0) is 6.54 Å². The number of H-pyrrole nitrogens is 1. The molecule has 1 aromatic rings. The minimum absolute atomic E-state index is 0.109. The van der Waals surface area contributed by atoms with Crippen molar-refractivity contribution in [2.45, 2.75) is 38.5 Å². The fraction of sp³-hybridized carbons (Fsp3) is 0.700. The van der Waals surface area contributed by atoms with Crippen LogP contribution in [0.3, 0.4) is 0 Å². The van der Waals surface area contributed by atoms with E-state index in [0.717, 1.165) is 12.8 Å². The zero-order valence-electron chi connectivity index (χ0n) is 9.97. The first-order chi connectivity index (χ1) is 8.08. The summed E-state index contributed by atoms with van der Waals surface area (Å²) >= 11 is 0. The SMILES string of the molecule is C[C@H](O)c1n[nH]c(CNC(=O)N(C)C2CC2)n1. The minimum Gasteiger partial charge on any atom is -0.385 e. The predicted molar refractivity (Wildman–Crippen MR) is 60.0 cm³/mol. The molecule has 2 amide bonds. The molecule has 1 saturated carbocycles. The number of nitrogens with zero attached hydrogens (tertiary/aromatic N) is 3. The Kier molecular flexibility index (Phi) is 3.28. The van der Waals surface area contributed by atoms with E-state index in [0.29, 0.717) is 17.7 Å². The Labute approximate surface area is 99.2 Å². The molecule has 0 saturated heterocycles. The third-order valence-electron chi connectivity index (χ3n) is 2.74. The number of aromatic amines is 1. The van der Waals surface area contributed by atoms with Crippen LogP contribution in [-0.4, -0.2) is 44.3 Å². The summed E-state index contributed by atoms with van der Waals surface area (Å²) < 4.78 is 0. The molecule has 0 aromatic carbocycles. The first kappa shape index (κ1) is 11.8. The lowest BCUT2D eigenvalue weighted by atomic mass is 10.4. The van der Waals surface area contributed by atoms with Crippen molar-refractivity contribution in [3.8, 4) is 0 Å². The van der Waals surface area contributed by atoms with Crippen LogP contribution in [0.2, 0.25) is 0 Å². The van der Waals surface area contributed by atoms with E-state index in [1.54, 1.807) is 18.9 Å². The highest BCUT2D eigenvalue weighted by atomic mass is 16.3. The molecule has 1 atom stereocenters.